The standard InChI is InChI=1S/C13H14N2O4S/c16-7-6-14(10-4-2-1-3-5-10)11(17)8-15-12(18)9-20-13(15)19/h1-5,16H,6-9H2. The summed E-state index contributed by atoms with van der Waals surface area (Å²) in [6.07, 6.45) is 0. The van der Waals surface area contributed by atoms with Crippen molar-refractivity contribution in [1.82, 2.24) is 4.90 Å². The predicted octanol–water partition coefficient (Wildman–Crippen LogP) is 0.707. The normalized spacial score (nSPS) is 14.8. The molecule has 3 amide bonds. The lowest BCUT2D eigenvalue weighted by atomic mass is 10.2. The molecular formula is C13H14N2O4S. The lowest BCUT2D eigenvalue weighted by molar-refractivity contribution is -0.129. The van der Waals surface area contributed by atoms with E-state index in [1.165, 1.54) is 4.90 Å². The molecule has 1 aromatic carbocycles. The minimum atomic E-state index is -0.402. The summed E-state index contributed by atoms with van der Waals surface area (Å²) in [5.74, 6) is -0.669. The summed E-state index contributed by atoms with van der Waals surface area (Å²) in [5.41, 5.74) is 0.623. The van der Waals surface area contributed by atoms with E-state index in [4.69, 9.17) is 5.11 Å². The zero-order valence-corrected chi connectivity index (χ0v) is 11.5. The number of rotatable bonds is 5. The van der Waals surface area contributed by atoms with Gasteiger partial charge in [0.1, 0.15) is 6.54 Å². The Bertz CT molecular complexity index is 504. The van der Waals surface area contributed by atoms with Gasteiger partial charge in [0.15, 0.2) is 0 Å². The number of amides is 3. The second kappa shape index (κ2) is 6.53. The van der Waals surface area contributed by atoms with Gasteiger partial charge in [0, 0.05) is 12.2 Å². The van der Waals surface area contributed by atoms with Crippen molar-refractivity contribution in [3.63, 3.8) is 0 Å². The van der Waals surface area contributed by atoms with E-state index in [-0.39, 0.29) is 31.4 Å². The Morgan fingerprint density at radius 1 is 1.30 bits per heavy atom. The molecule has 1 saturated heterocycles. The van der Waals surface area contributed by atoms with Gasteiger partial charge in [-0.1, -0.05) is 30.0 Å². The fourth-order valence-electron chi connectivity index (χ4n) is 1.86. The number of hydrogen-bond donors (Lipinski definition) is 1. The number of benzene rings is 1. The molecule has 2 rings (SSSR count). The minimum Gasteiger partial charge on any atom is -0.395 e. The lowest BCUT2D eigenvalue weighted by Crippen LogP contribution is -2.43. The fourth-order valence-corrected chi connectivity index (χ4v) is 2.59. The summed E-state index contributed by atoms with van der Waals surface area (Å²) in [4.78, 5) is 37.5. The van der Waals surface area contributed by atoms with Crippen molar-refractivity contribution in [2.45, 2.75) is 0 Å². The van der Waals surface area contributed by atoms with Gasteiger partial charge < -0.3 is 10.0 Å². The first kappa shape index (κ1) is 14.5. The van der Waals surface area contributed by atoms with Gasteiger partial charge in [-0.3, -0.25) is 19.3 Å². The molecule has 1 N–H and O–H groups in total. The summed E-state index contributed by atoms with van der Waals surface area (Å²) in [6, 6.07) is 8.82. The van der Waals surface area contributed by atoms with Crippen molar-refractivity contribution in [1.29, 1.82) is 0 Å². The monoisotopic (exact) mass is 294 g/mol. The highest BCUT2D eigenvalue weighted by molar-refractivity contribution is 8.14. The number of aliphatic hydroxyl groups excluding tert-OH is 1. The van der Waals surface area contributed by atoms with E-state index in [2.05, 4.69) is 0 Å². The van der Waals surface area contributed by atoms with Crippen LogP contribution in [0.4, 0.5) is 10.5 Å². The van der Waals surface area contributed by atoms with Gasteiger partial charge in [-0.15, -0.1) is 0 Å². The van der Waals surface area contributed by atoms with E-state index in [9.17, 15) is 14.4 Å². The SMILES string of the molecule is O=C1CSC(=O)N1CC(=O)N(CCO)c1ccccc1. The van der Waals surface area contributed by atoms with Crippen LogP contribution in [-0.2, 0) is 9.59 Å². The van der Waals surface area contributed by atoms with Crippen LogP contribution in [0.3, 0.4) is 0 Å². The first-order valence-electron chi connectivity index (χ1n) is 6.07. The van der Waals surface area contributed by atoms with Crippen LogP contribution in [0.5, 0.6) is 0 Å². The van der Waals surface area contributed by atoms with Crippen molar-refractivity contribution in [3.8, 4) is 0 Å². The summed E-state index contributed by atoms with van der Waals surface area (Å²) in [7, 11) is 0. The molecule has 0 radical (unpaired) electrons. The Hall–Kier alpha value is -1.86. The number of imide groups is 1. The maximum absolute atomic E-state index is 12.2. The van der Waals surface area contributed by atoms with E-state index in [1.807, 2.05) is 6.07 Å². The first-order chi connectivity index (χ1) is 9.63. The second-order valence-electron chi connectivity index (χ2n) is 4.14. The largest absolute Gasteiger partial charge is 0.395 e. The van der Waals surface area contributed by atoms with Crippen LogP contribution in [0, 0.1) is 0 Å². The molecule has 6 nitrogen and oxygen atoms in total. The van der Waals surface area contributed by atoms with Crippen LogP contribution in [0.2, 0.25) is 0 Å². The maximum Gasteiger partial charge on any atom is 0.289 e. The number of anilines is 1. The predicted molar refractivity (Wildman–Crippen MR) is 75.4 cm³/mol. The van der Waals surface area contributed by atoms with Crippen LogP contribution in [-0.4, -0.2) is 52.5 Å². The molecule has 0 aliphatic carbocycles. The van der Waals surface area contributed by atoms with Crippen molar-refractivity contribution < 1.29 is 19.5 Å². The first-order valence-corrected chi connectivity index (χ1v) is 7.05. The van der Waals surface area contributed by atoms with Crippen LogP contribution in [0.1, 0.15) is 0 Å². The fraction of sp³-hybridized carbons (Fsp3) is 0.308. The summed E-state index contributed by atoms with van der Waals surface area (Å²) in [5, 5.41) is 8.66. The highest BCUT2D eigenvalue weighted by atomic mass is 32.2. The third-order valence-electron chi connectivity index (χ3n) is 2.83. The minimum absolute atomic E-state index is 0.0808. The van der Waals surface area contributed by atoms with Crippen LogP contribution in [0.15, 0.2) is 30.3 Å². The number of nitrogens with zero attached hydrogens (tertiary/aromatic N) is 2. The lowest BCUT2D eigenvalue weighted by Gasteiger charge is -2.24. The van der Waals surface area contributed by atoms with E-state index in [1.54, 1.807) is 24.3 Å². The number of carbonyl (C=O) groups excluding carboxylic acids is 3. The van der Waals surface area contributed by atoms with Crippen molar-refractivity contribution in [3.05, 3.63) is 30.3 Å². The summed E-state index contributed by atoms with van der Waals surface area (Å²) in [6.45, 7) is -0.372. The van der Waals surface area contributed by atoms with Gasteiger partial charge in [0.05, 0.1) is 12.4 Å². The summed E-state index contributed by atoms with van der Waals surface area (Å²) >= 11 is 0.894. The van der Waals surface area contributed by atoms with E-state index < -0.39 is 11.1 Å². The molecule has 1 heterocycles. The van der Waals surface area contributed by atoms with Gasteiger partial charge in [-0.25, -0.2) is 0 Å². The average Bonchev–Trinajstić information content (AvgIpc) is 2.77. The molecule has 0 atom stereocenters. The Labute approximate surface area is 120 Å². The second-order valence-corrected chi connectivity index (χ2v) is 5.07. The van der Waals surface area contributed by atoms with Gasteiger partial charge in [0.2, 0.25) is 11.8 Å². The third-order valence-corrected chi connectivity index (χ3v) is 3.69. The third kappa shape index (κ3) is 3.17. The molecule has 106 valence electrons. The molecule has 7 heteroatoms. The van der Waals surface area contributed by atoms with Crippen LogP contribution < -0.4 is 4.90 Å². The molecule has 0 unspecified atom stereocenters. The molecule has 0 spiro atoms. The maximum atomic E-state index is 12.2. The molecule has 1 fully saturated rings. The molecule has 0 aromatic heterocycles. The Morgan fingerprint density at radius 3 is 2.55 bits per heavy atom. The molecular weight excluding hydrogens is 280 g/mol. The van der Waals surface area contributed by atoms with Gasteiger partial charge in [-0.05, 0) is 12.1 Å². The van der Waals surface area contributed by atoms with Gasteiger partial charge >= 0.3 is 0 Å². The Morgan fingerprint density at radius 2 is 2.00 bits per heavy atom. The molecule has 1 aromatic rings. The highest BCUT2D eigenvalue weighted by Gasteiger charge is 2.32. The van der Waals surface area contributed by atoms with Crippen molar-refractivity contribution >= 4 is 34.5 Å². The molecule has 1 aliphatic heterocycles. The zero-order valence-electron chi connectivity index (χ0n) is 10.7. The summed E-state index contributed by atoms with van der Waals surface area (Å²) < 4.78 is 0. The van der Waals surface area contributed by atoms with Crippen LogP contribution >= 0.6 is 11.8 Å². The quantitative estimate of drug-likeness (QED) is 0.865. The Kier molecular flexibility index (Phi) is 4.75. The molecule has 20 heavy (non-hydrogen) atoms. The van der Waals surface area contributed by atoms with Crippen molar-refractivity contribution in [2.24, 2.45) is 0 Å². The van der Waals surface area contributed by atoms with E-state index >= 15 is 0 Å². The number of para-hydroxylation sites is 1. The Balaban J connectivity index is 2.12. The highest BCUT2D eigenvalue weighted by Crippen LogP contribution is 2.20. The number of aliphatic hydroxyl groups is 1. The zero-order chi connectivity index (χ0) is 14.5. The van der Waals surface area contributed by atoms with E-state index in [0.717, 1.165) is 16.7 Å². The number of carbonyl (C=O) groups is 3. The number of hydrogen-bond acceptors (Lipinski definition) is 5. The van der Waals surface area contributed by atoms with Crippen LogP contribution in [0.25, 0.3) is 0 Å². The average molecular weight is 294 g/mol. The molecule has 1 aliphatic rings. The van der Waals surface area contributed by atoms with Gasteiger partial charge in [0.25, 0.3) is 5.24 Å². The molecule has 0 bridgehead atoms. The van der Waals surface area contributed by atoms with E-state index in [0.29, 0.717) is 5.69 Å². The van der Waals surface area contributed by atoms with Gasteiger partial charge in [-0.2, -0.15) is 0 Å². The molecule has 0 saturated carbocycles. The smallest absolute Gasteiger partial charge is 0.289 e. The topological polar surface area (TPSA) is 77.9 Å². The van der Waals surface area contributed by atoms with Crippen molar-refractivity contribution in [2.75, 3.05) is 30.3 Å². The number of thioether (sulfide) groups is 1.